The Morgan fingerprint density at radius 1 is 1.03 bits per heavy atom. The van der Waals surface area contributed by atoms with Crippen molar-refractivity contribution in [3.05, 3.63) is 83.7 Å². The summed E-state index contributed by atoms with van der Waals surface area (Å²) in [6.07, 6.45) is 3.92. The zero-order chi connectivity index (χ0) is 20.5. The Bertz CT molecular complexity index is 1190. The molecule has 5 nitrogen and oxygen atoms in total. The highest BCUT2D eigenvalue weighted by molar-refractivity contribution is 6.04. The summed E-state index contributed by atoms with van der Waals surface area (Å²) in [4.78, 5) is 16.9. The van der Waals surface area contributed by atoms with E-state index < -0.39 is 23.3 Å². The maximum Gasteiger partial charge on any atom is 0.255 e. The zero-order valence-corrected chi connectivity index (χ0v) is 15.7. The van der Waals surface area contributed by atoms with Crippen LogP contribution in [0.2, 0.25) is 0 Å². The number of fused-ring (bicyclic) bond motifs is 1. The molecule has 29 heavy (non-hydrogen) atoms. The predicted molar refractivity (Wildman–Crippen MR) is 106 cm³/mol. The molecule has 0 atom stereocenters. The summed E-state index contributed by atoms with van der Waals surface area (Å²) in [6.45, 7) is 2.01. The van der Waals surface area contributed by atoms with Crippen molar-refractivity contribution >= 4 is 17.2 Å². The molecule has 4 rings (SSSR count). The second-order valence-corrected chi connectivity index (χ2v) is 6.60. The minimum Gasteiger partial charge on any atom is -0.491 e. The van der Waals surface area contributed by atoms with Gasteiger partial charge in [0.25, 0.3) is 5.91 Å². The number of amides is 1. The van der Waals surface area contributed by atoms with Crippen molar-refractivity contribution < 1.29 is 18.3 Å². The summed E-state index contributed by atoms with van der Waals surface area (Å²) in [5, 5.41) is 2.62. The molecule has 0 aliphatic carbocycles. The minimum atomic E-state index is -0.935. The number of nitrogens with zero attached hydrogens (tertiary/aromatic N) is 2. The van der Waals surface area contributed by atoms with Crippen LogP contribution in [0.1, 0.15) is 15.9 Å². The number of aromatic nitrogens is 2. The number of methoxy groups -OCH3 is 1. The Morgan fingerprint density at radius 3 is 2.38 bits per heavy atom. The van der Waals surface area contributed by atoms with Crippen molar-refractivity contribution in [2.75, 3.05) is 12.4 Å². The van der Waals surface area contributed by atoms with Crippen LogP contribution in [0.25, 0.3) is 16.9 Å². The van der Waals surface area contributed by atoms with Gasteiger partial charge in [-0.25, -0.2) is 13.8 Å². The minimum absolute atomic E-state index is 0.138. The summed E-state index contributed by atoms with van der Waals surface area (Å²) >= 11 is 0. The highest BCUT2D eigenvalue weighted by Gasteiger charge is 2.16. The van der Waals surface area contributed by atoms with Crippen LogP contribution in [0.3, 0.4) is 0 Å². The van der Waals surface area contributed by atoms with Crippen molar-refractivity contribution in [1.29, 1.82) is 0 Å². The van der Waals surface area contributed by atoms with Crippen molar-refractivity contribution in [2.45, 2.75) is 6.92 Å². The molecule has 0 aliphatic rings. The van der Waals surface area contributed by atoms with E-state index in [2.05, 4.69) is 15.0 Å². The van der Waals surface area contributed by atoms with E-state index in [-0.39, 0.29) is 5.56 Å². The molecule has 1 amide bonds. The number of nitrogens with one attached hydrogen (secondary N) is 1. The van der Waals surface area contributed by atoms with E-state index in [4.69, 9.17) is 0 Å². The lowest BCUT2D eigenvalue weighted by atomic mass is 10.1. The first-order chi connectivity index (χ1) is 13.9. The predicted octanol–water partition coefficient (Wildman–Crippen LogP) is 4.85. The summed E-state index contributed by atoms with van der Waals surface area (Å²) in [6, 6.07) is 12.9. The number of hydrogen-bond acceptors (Lipinski definition) is 3. The molecule has 0 aliphatic heterocycles. The van der Waals surface area contributed by atoms with Gasteiger partial charge < -0.3 is 14.5 Å². The molecule has 146 valence electrons. The van der Waals surface area contributed by atoms with Gasteiger partial charge in [-0.15, -0.1) is 0 Å². The molecule has 0 bridgehead atoms. The number of hydrogen-bond donors (Lipinski definition) is 1. The monoisotopic (exact) mass is 393 g/mol. The Labute approximate surface area is 165 Å². The van der Waals surface area contributed by atoms with Gasteiger partial charge >= 0.3 is 0 Å². The van der Waals surface area contributed by atoms with Gasteiger partial charge in [-0.2, -0.15) is 0 Å². The number of carbonyl (C=O) groups excluding carboxylic acids is 1. The average molecular weight is 393 g/mol. The quantitative estimate of drug-likeness (QED) is 0.539. The first kappa shape index (κ1) is 18.6. The van der Waals surface area contributed by atoms with E-state index in [1.165, 1.54) is 0 Å². The number of anilines is 1. The van der Waals surface area contributed by atoms with E-state index in [1.807, 2.05) is 48.0 Å². The van der Waals surface area contributed by atoms with Gasteiger partial charge in [0, 0.05) is 29.2 Å². The Hall–Kier alpha value is -3.74. The molecule has 0 fully saturated rings. The first-order valence-electron chi connectivity index (χ1n) is 8.85. The molecule has 2 aromatic heterocycles. The van der Waals surface area contributed by atoms with Crippen LogP contribution in [0.5, 0.6) is 5.75 Å². The summed E-state index contributed by atoms with van der Waals surface area (Å²) in [5.41, 5.74) is 4.01. The van der Waals surface area contributed by atoms with Crippen LogP contribution >= 0.6 is 0 Å². The van der Waals surface area contributed by atoms with Crippen LogP contribution in [0.15, 0.2) is 60.9 Å². The van der Waals surface area contributed by atoms with E-state index in [0.29, 0.717) is 5.69 Å². The van der Waals surface area contributed by atoms with E-state index in [0.717, 1.165) is 41.7 Å². The van der Waals surface area contributed by atoms with Crippen LogP contribution < -0.4 is 10.1 Å². The fourth-order valence-corrected chi connectivity index (χ4v) is 3.06. The Kier molecular flexibility index (Phi) is 4.72. The third-order valence-corrected chi connectivity index (χ3v) is 4.50. The van der Waals surface area contributed by atoms with Crippen molar-refractivity contribution in [2.24, 2.45) is 0 Å². The lowest BCUT2D eigenvalue weighted by molar-refractivity contribution is 0.102. The fourth-order valence-electron chi connectivity index (χ4n) is 3.06. The third-order valence-electron chi connectivity index (χ3n) is 4.50. The lowest BCUT2D eigenvalue weighted by Gasteiger charge is -2.08. The summed E-state index contributed by atoms with van der Waals surface area (Å²) in [5.74, 6) is -3.01. The molecule has 0 radical (unpaired) electrons. The third kappa shape index (κ3) is 3.67. The largest absolute Gasteiger partial charge is 0.491 e. The summed E-state index contributed by atoms with van der Waals surface area (Å²) < 4.78 is 34.2. The number of pyridine rings is 1. The average Bonchev–Trinajstić information content (AvgIpc) is 3.11. The van der Waals surface area contributed by atoms with Gasteiger partial charge in [0.2, 0.25) is 0 Å². The Morgan fingerprint density at radius 2 is 1.72 bits per heavy atom. The van der Waals surface area contributed by atoms with E-state index in [9.17, 15) is 13.6 Å². The number of aryl methyl sites for hydroxylation is 1. The smallest absolute Gasteiger partial charge is 0.255 e. The van der Waals surface area contributed by atoms with Gasteiger partial charge in [-0.05, 0) is 42.8 Å². The molecule has 7 heteroatoms. The maximum atomic E-state index is 13.8. The van der Waals surface area contributed by atoms with Gasteiger partial charge in [0.05, 0.1) is 12.8 Å². The Balaban J connectivity index is 1.54. The van der Waals surface area contributed by atoms with Gasteiger partial charge in [0.1, 0.15) is 5.65 Å². The van der Waals surface area contributed by atoms with Gasteiger partial charge in [0.15, 0.2) is 17.4 Å². The molecule has 0 unspecified atom stereocenters. The van der Waals surface area contributed by atoms with Crippen LogP contribution in [-0.4, -0.2) is 22.4 Å². The summed E-state index contributed by atoms with van der Waals surface area (Å²) in [7, 11) is 1.16. The molecule has 0 spiro atoms. The molecule has 1 N–H and O–H groups in total. The highest BCUT2D eigenvalue weighted by Crippen LogP contribution is 2.25. The number of ether oxygens (including phenoxy) is 1. The molecular formula is C22H17F2N3O2. The van der Waals surface area contributed by atoms with Crippen molar-refractivity contribution in [3.8, 4) is 17.0 Å². The molecule has 4 aromatic rings. The molecule has 2 heterocycles. The zero-order valence-electron chi connectivity index (χ0n) is 15.7. The molecular weight excluding hydrogens is 376 g/mol. The topological polar surface area (TPSA) is 55.6 Å². The number of carbonyl (C=O) groups is 1. The SMILES string of the molecule is COc1c(F)cc(C(=O)Nc2ccc(-c3cn4cc(C)ccc4n3)cc2)cc1F. The number of imidazole rings is 1. The van der Waals surface area contributed by atoms with Crippen molar-refractivity contribution in [1.82, 2.24) is 9.38 Å². The number of halogens is 2. The van der Waals surface area contributed by atoms with Gasteiger partial charge in [-0.3, -0.25) is 4.79 Å². The van der Waals surface area contributed by atoms with Crippen LogP contribution in [0, 0.1) is 18.6 Å². The standard InChI is InChI=1S/C22H17F2N3O2/c1-13-3-8-20-26-19(12-27(20)11-13)14-4-6-16(7-5-14)25-22(28)15-9-17(23)21(29-2)18(24)10-15/h3-12H,1-2H3,(H,25,28). The first-order valence-corrected chi connectivity index (χ1v) is 8.85. The second-order valence-electron chi connectivity index (χ2n) is 6.60. The maximum absolute atomic E-state index is 13.8. The molecule has 0 saturated carbocycles. The van der Waals surface area contributed by atoms with Crippen LogP contribution in [-0.2, 0) is 0 Å². The second kappa shape index (κ2) is 7.35. The lowest BCUT2D eigenvalue weighted by Crippen LogP contribution is -2.13. The van der Waals surface area contributed by atoms with E-state index in [1.54, 1.807) is 12.1 Å². The molecule has 0 saturated heterocycles. The molecule has 2 aromatic carbocycles. The highest BCUT2D eigenvalue weighted by atomic mass is 19.1. The van der Waals surface area contributed by atoms with Gasteiger partial charge in [-0.1, -0.05) is 18.2 Å². The number of benzene rings is 2. The van der Waals surface area contributed by atoms with E-state index >= 15 is 0 Å². The van der Waals surface area contributed by atoms with Crippen LogP contribution in [0.4, 0.5) is 14.5 Å². The van der Waals surface area contributed by atoms with Crippen molar-refractivity contribution in [3.63, 3.8) is 0 Å². The fraction of sp³-hybridized carbons (Fsp3) is 0.0909. The normalized spacial score (nSPS) is 10.9. The number of rotatable bonds is 4.